The van der Waals surface area contributed by atoms with Gasteiger partial charge in [0.25, 0.3) is 5.91 Å². The summed E-state index contributed by atoms with van der Waals surface area (Å²) in [7, 11) is 2.26. The molecular weight excluding hydrogens is 380 g/mol. The van der Waals surface area contributed by atoms with Crippen molar-refractivity contribution in [3.63, 3.8) is 0 Å². The third kappa shape index (κ3) is 4.09. The molecular formula is C17H19ClN2O5S. The molecule has 0 aliphatic rings. The molecule has 0 aliphatic carbocycles. The molecule has 0 radical (unpaired) electrons. The van der Waals surface area contributed by atoms with Gasteiger partial charge in [-0.15, -0.1) is 0 Å². The first-order valence-electron chi connectivity index (χ1n) is 7.46. The number of nitrogens with zero attached hydrogens (tertiary/aromatic N) is 1. The lowest BCUT2D eigenvalue weighted by Crippen LogP contribution is -2.22. The average molecular weight is 399 g/mol. The van der Waals surface area contributed by atoms with Crippen molar-refractivity contribution in [2.45, 2.75) is 4.90 Å². The molecule has 1 N–H and O–H groups in total. The van der Waals surface area contributed by atoms with Crippen LogP contribution in [0.5, 0.6) is 11.5 Å². The fourth-order valence-electron chi connectivity index (χ4n) is 2.14. The Balaban J connectivity index is 2.27. The molecule has 2 aromatic carbocycles. The number of amides is 1. The molecule has 2 rings (SSSR count). The monoisotopic (exact) mass is 398 g/mol. The largest absolute Gasteiger partial charge is 0.495 e. The lowest BCUT2D eigenvalue weighted by molar-refractivity contribution is 0.102. The summed E-state index contributed by atoms with van der Waals surface area (Å²) < 4.78 is 35.6. The second-order valence-corrected chi connectivity index (χ2v) is 8.01. The van der Waals surface area contributed by atoms with Gasteiger partial charge in [-0.2, -0.15) is 0 Å². The van der Waals surface area contributed by atoms with Crippen LogP contribution in [0.15, 0.2) is 41.3 Å². The lowest BCUT2D eigenvalue weighted by Gasteiger charge is -2.14. The topological polar surface area (TPSA) is 84.9 Å². The van der Waals surface area contributed by atoms with Crippen molar-refractivity contribution in [1.82, 2.24) is 4.31 Å². The van der Waals surface area contributed by atoms with Gasteiger partial charge in [0.15, 0.2) is 0 Å². The smallest absolute Gasteiger partial charge is 0.255 e. The van der Waals surface area contributed by atoms with Crippen molar-refractivity contribution in [3.8, 4) is 11.5 Å². The van der Waals surface area contributed by atoms with Crippen LogP contribution in [0, 0.1) is 0 Å². The zero-order valence-electron chi connectivity index (χ0n) is 14.7. The molecule has 0 aliphatic heterocycles. The Morgan fingerprint density at radius 2 is 1.62 bits per heavy atom. The van der Waals surface area contributed by atoms with Crippen molar-refractivity contribution in [3.05, 3.63) is 47.0 Å². The summed E-state index contributed by atoms with van der Waals surface area (Å²) in [5.74, 6) is 0.365. The zero-order chi connectivity index (χ0) is 19.5. The quantitative estimate of drug-likeness (QED) is 0.808. The van der Waals surface area contributed by atoms with Gasteiger partial charge in [-0.1, -0.05) is 11.6 Å². The summed E-state index contributed by atoms with van der Waals surface area (Å²) in [4.78, 5) is 12.5. The predicted octanol–water partition coefficient (Wildman–Crippen LogP) is 2.86. The van der Waals surface area contributed by atoms with Crippen molar-refractivity contribution in [2.75, 3.05) is 33.6 Å². The first kappa shape index (κ1) is 20.0. The molecule has 0 bridgehead atoms. The van der Waals surface area contributed by atoms with Crippen LogP contribution < -0.4 is 14.8 Å². The Morgan fingerprint density at radius 1 is 1.04 bits per heavy atom. The molecule has 9 heteroatoms. The average Bonchev–Trinajstić information content (AvgIpc) is 2.61. The van der Waals surface area contributed by atoms with E-state index in [1.54, 1.807) is 6.07 Å². The summed E-state index contributed by atoms with van der Waals surface area (Å²) in [6.07, 6.45) is 0. The maximum absolute atomic E-state index is 12.4. The number of nitrogens with one attached hydrogen (secondary N) is 1. The van der Waals surface area contributed by atoms with Gasteiger partial charge in [-0.05, 0) is 30.3 Å². The molecule has 0 heterocycles. The number of methoxy groups -OCH3 is 2. The Labute approximate surface area is 157 Å². The van der Waals surface area contributed by atoms with Gasteiger partial charge in [0, 0.05) is 25.7 Å². The van der Waals surface area contributed by atoms with E-state index in [4.69, 9.17) is 21.1 Å². The fourth-order valence-corrected chi connectivity index (χ4v) is 3.28. The fraction of sp³-hybridized carbons (Fsp3) is 0.235. The molecule has 0 atom stereocenters. The summed E-state index contributed by atoms with van der Waals surface area (Å²) in [6.45, 7) is 0. The van der Waals surface area contributed by atoms with Gasteiger partial charge >= 0.3 is 0 Å². The minimum Gasteiger partial charge on any atom is -0.495 e. The Kier molecular flexibility index (Phi) is 6.12. The number of anilines is 1. The molecule has 0 saturated carbocycles. The van der Waals surface area contributed by atoms with Gasteiger partial charge in [-0.3, -0.25) is 4.79 Å². The SMILES string of the molecule is COc1cc(OC)c(NC(=O)c2ccc(S(=O)(=O)N(C)C)cc2)cc1Cl. The second-order valence-electron chi connectivity index (χ2n) is 5.45. The number of rotatable bonds is 6. The minimum absolute atomic E-state index is 0.101. The van der Waals surface area contributed by atoms with Crippen LogP contribution in [0.3, 0.4) is 0 Å². The molecule has 0 fully saturated rings. The molecule has 2 aromatic rings. The van der Waals surface area contributed by atoms with Crippen LogP contribution in [-0.4, -0.2) is 46.9 Å². The number of carbonyl (C=O) groups excluding carboxylic acids is 1. The second kappa shape index (κ2) is 7.94. The van der Waals surface area contributed by atoms with Crippen LogP contribution in [0.2, 0.25) is 5.02 Å². The standard InChI is InChI=1S/C17H19ClN2O5S/c1-20(2)26(22,23)12-7-5-11(6-8-12)17(21)19-14-9-13(18)15(24-3)10-16(14)25-4/h5-10H,1-4H3,(H,19,21). The van der Waals surface area contributed by atoms with Gasteiger partial charge in [-0.25, -0.2) is 12.7 Å². The highest BCUT2D eigenvalue weighted by Gasteiger charge is 2.18. The van der Waals surface area contributed by atoms with Crippen LogP contribution in [0.4, 0.5) is 5.69 Å². The molecule has 26 heavy (non-hydrogen) atoms. The maximum atomic E-state index is 12.4. The first-order valence-corrected chi connectivity index (χ1v) is 9.28. The summed E-state index contributed by atoms with van der Waals surface area (Å²) in [5, 5.41) is 3.00. The summed E-state index contributed by atoms with van der Waals surface area (Å²) in [5.41, 5.74) is 0.657. The summed E-state index contributed by atoms with van der Waals surface area (Å²) in [6, 6.07) is 8.70. The van der Waals surface area contributed by atoms with E-state index in [1.807, 2.05) is 0 Å². The van der Waals surface area contributed by atoms with Crippen LogP contribution in [0.1, 0.15) is 10.4 Å². The number of ether oxygens (including phenoxy) is 2. The van der Waals surface area contributed by atoms with Crippen LogP contribution in [0.25, 0.3) is 0 Å². The van der Waals surface area contributed by atoms with Crippen LogP contribution in [-0.2, 0) is 10.0 Å². The third-order valence-electron chi connectivity index (χ3n) is 3.62. The minimum atomic E-state index is -3.55. The van der Waals surface area contributed by atoms with E-state index in [1.165, 1.54) is 58.6 Å². The number of hydrogen-bond donors (Lipinski definition) is 1. The molecule has 0 unspecified atom stereocenters. The third-order valence-corrected chi connectivity index (χ3v) is 5.74. The Morgan fingerprint density at radius 3 is 2.12 bits per heavy atom. The number of halogens is 1. The van der Waals surface area contributed by atoms with E-state index in [0.29, 0.717) is 22.2 Å². The number of sulfonamides is 1. The first-order chi connectivity index (χ1) is 12.2. The molecule has 0 aromatic heterocycles. The highest BCUT2D eigenvalue weighted by atomic mass is 35.5. The number of benzene rings is 2. The van der Waals surface area contributed by atoms with E-state index < -0.39 is 15.9 Å². The van der Waals surface area contributed by atoms with Crippen molar-refractivity contribution >= 4 is 33.2 Å². The van der Waals surface area contributed by atoms with Crippen molar-refractivity contribution in [2.24, 2.45) is 0 Å². The van der Waals surface area contributed by atoms with E-state index >= 15 is 0 Å². The maximum Gasteiger partial charge on any atom is 0.255 e. The Bertz CT molecular complexity index is 911. The zero-order valence-corrected chi connectivity index (χ0v) is 16.3. The highest BCUT2D eigenvalue weighted by molar-refractivity contribution is 7.89. The van der Waals surface area contributed by atoms with Crippen LogP contribution >= 0.6 is 11.6 Å². The van der Waals surface area contributed by atoms with Gasteiger partial charge in [0.2, 0.25) is 10.0 Å². The van der Waals surface area contributed by atoms with Gasteiger partial charge in [0.1, 0.15) is 11.5 Å². The number of carbonyl (C=O) groups is 1. The molecule has 1 amide bonds. The van der Waals surface area contributed by atoms with Crippen molar-refractivity contribution < 1.29 is 22.7 Å². The molecule has 7 nitrogen and oxygen atoms in total. The molecule has 0 saturated heterocycles. The number of hydrogen-bond acceptors (Lipinski definition) is 5. The van der Waals surface area contributed by atoms with Crippen molar-refractivity contribution in [1.29, 1.82) is 0 Å². The van der Waals surface area contributed by atoms with E-state index in [9.17, 15) is 13.2 Å². The molecule has 140 valence electrons. The summed E-state index contributed by atoms with van der Waals surface area (Å²) >= 11 is 6.09. The normalized spacial score (nSPS) is 11.3. The van der Waals surface area contributed by atoms with Gasteiger partial charge in [0.05, 0.1) is 29.8 Å². The lowest BCUT2D eigenvalue weighted by atomic mass is 10.2. The van der Waals surface area contributed by atoms with Gasteiger partial charge < -0.3 is 14.8 Å². The van der Waals surface area contributed by atoms with E-state index in [-0.39, 0.29) is 10.5 Å². The molecule has 0 spiro atoms. The van der Waals surface area contributed by atoms with E-state index in [2.05, 4.69) is 5.32 Å². The van der Waals surface area contributed by atoms with E-state index in [0.717, 1.165) is 4.31 Å². The predicted molar refractivity (Wildman–Crippen MR) is 99.8 cm³/mol. The Hall–Kier alpha value is -2.29. The highest BCUT2D eigenvalue weighted by Crippen LogP contribution is 2.36.